The highest BCUT2D eigenvalue weighted by Crippen LogP contribution is 2.15. The summed E-state index contributed by atoms with van der Waals surface area (Å²) < 4.78 is 5.28. The van der Waals surface area contributed by atoms with Crippen LogP contribution in [0.25, 0.3) is 0 Å². The van der Waals surface area contributed by atoms with Gasteiger partial charge < -0.3 is 14.5 Å². The Kier molecular flexibility index (Phi) is 5.55. The molecule has 2 aromatic rings. The normalized spacial score (nSPS) is 10.7. The van der Waals surface area contributed by atoms with E-state index in [9.17, 15) is 5.11 Å². The maximum Gasteiger partial charge on any atom is 0.246 e. The van der Waals surface area contributed by atoms with Gasteiger partial charge in [-0.3, -0.25) is 0 Å². The van der Waals surface area contributed by atoms with Gasteiger partial charge in [0.2, 0.25) is 5.89 Å². The van der Waals surface area contributed by atoms with Gasteiger partial charge in [-0.2, -0.15) is 4.98 Å². The molecule has 0 aliphatic heterocycles. The Morgan fingerprint density at radius 2 is 2.05 bits per heavy atom. The maximum atomic E-state index is 9.19. The first-order valence-electron chi connectivity index (χ1n) is 7.05. The summed E-state index contributed by atoms with van der Waals surface area (Å²) in [6.45, 7) is 3.28. The van der Waals surface area contributed by atoms with Crippen LogP contribution in [0.4, 0.5) is 5.69 Å². The summed E-state index contributed by atoms with van der Waals surface area (Å²) in [4.78, 5) is 6.42. The molecule has 0 unspecified atom stereocenters. The Morgan fingerprint density at radius 1 is 1.25 bits per heavy atom. The monoisotopic (exact) mass is 275 g/mol. The average molecular weight is 275 g/mol. The zero-order chi connectivity index (χ0) is 14.2. The van der Waals surface area contributed by atoms with Crippen LogP contribution in [-0.2, 0) is 13.0 Å². The van der Waals surface area contributed by atoms with E-state index in [0.29, 0.717) is 19.0 Å². The van der Waals surface area contributed by atoms with E-state index in [0.717, 1.165) is 30.8 Å². The van der Waals surface area contributed by atoms with Crippen molar-refractivity contribution in [1.29, 1.82) is 0 Å². The fraction of sp³-hybridized carbons (Fsp3) is 0.467. The van der Waals surface area contributed by atoms with E-state index in [1.807, 2.05) is 35.2 Å². The summed E-state index contributed by atoms with van der Waals surface area (Å²) in [5, 5.41) is 13.2. The number of aromatic nitrogens is 2. The lowest BCUT2D eigenvalue weighted by Crippen LogP contribution is -2.26. The molecule has 0 aliphatic rings. The maximum absolute atomic E-state index is 9.19. The molecule has 0 saturated carbocycles. The van der Waals surface area contributed by atoms with Crippen molar-refractivity contribution in [2.24, 2.45) is 0 Å². The van der Waals surface area contributed by atoms with Gasteiger partial charge in [0.25, 0.3) is 0 Å². The number of benzene rings is 1. The molecule has 0 spiro atoms. The van der Waals surface area contributed by atoms with Crippen LogP contribution in [0.15, 0.2) is 34.9 Å². The fourth-order valence-electron chi connectivity index (χ4n) is 2.01. The van der Waals surface area contributed by atoms with Gasteiger partial charge in [0.15, 0.2) is 5.82 Å². The number of para-hydroxylation sites is 1. The van der Waals surface area contributed by atoms with E-state index in [-0.39, 0.29) is 6.61 Å². The van der Waals surface area contributed by atoms with Gasteiger partial charge in [-0.15, -0.1) is 0 Å². The zero-order valence-corrected chi connectivity index (χ0v) is 11.8. The summed E-state index contributed by atoms with van der Waals surface area (Å²) in [5.74, 6) is 1.35. The highest BCUT2D eigenvalue weighted by molar-refractivity contribution is 5.45. The smallest absolute Gasteiger partial charge is 0.246 e. The molecule has 0 radical (unpaired) electrons. The number of hydrogen-bond donors (Lipinski definition) is 1. The Bertz CT molecular complexity index is 499. The van der Waals surface area contributed by atoms with Crippen molar-refractivity contribution in [1.82, 2.24) is 10.1 Å². The van der Waals surface area contributed by atoms with Crippen molar-refractivity contribution in [3.63, 3.8) is 0 Å². The second kappa shape index (κ2) is 7.65. The van der Waals surface area contributed by atoms with Crippen molar-refractivity contribution < 1.29 is 9.63 Å². The van der Waals surface area contributed by atoms with Crippen molar-refractivity contribution in [3.8, 4) is 0 Å². The van der Waals surface area contributed by atoms with Crippen LogP contribution in [0, 0.1) is 0 Å². The van der Waals surface area contributed by atoms with Crippen LogP contribution in [0.1, 0.15) is 31.5 Å². The Labute approximate surface area is 119 Å². The van der Waals surface area contributed by atoms with Crippen LogP contribution in [0.3, 0.4) is 0 Å². The molecule has 1 heterocycles. The number of aliphatic hydroxyl groups excluding tert-OH is 1. The molecular weight excluding hydrogens is 254 g/mol. The molecule has 0 aliphatic carbocycles. The standard InChI is InChI=1S/C15H21N3O2/c1-2-3-9-14-16-15(20-17-14)12-18(10-11-19)13-7-5-4-6-8-13/h4-8,19H,2-3,9-12H2,1H3. The number of rotatable bonds is 8. The summed E-state index contributed by atoms with van der Waals surface area (Å²) in [6.07, 6.45) is 3.04. The van der Waals surface area contributed by atoms with Crippen molar-refractivity contribution in [2.45, 2.75) is 32.7 Å². The lowest BCUT2D eigenvalue weighted by Gasteiger charge is -2.21. The summed E-state index contributed by atoms with van der Waals surface area (Å²) in [7, 11) is 0. The SMILES string of the molecule is CCCCc1noc(CN(CCO)c2ccccc2)n1. The fourth-order valence-corrected chi connectivity index (χ4v) is 2.01. The lowest BCUT2D eigenvalue weighted by atomic mass is 10.2. The number of hydrogen-bond acceptors (Lipinski definition) is 5. The molecule has 0 fully saturated rings. The quantitative estimate of drug-likeness (QED) is 0.801. The third kappa shape index (κ3) is 4.06. The first-order valence-corrected chi connectivity index (χ1v) is 7.05. The molecule has 1 aromatic carbocycles. The van der Waals surface area contributed by atoms with Gasteiger partial charge in [0.1, 0.15) is 0 Å². The van der Waals surface area contributed by atoms with Crippen molar-refractivity contribution in [3.05, 3.63) is 42.0 Å². The number of aryl methyl sites for hydroxylation is 1. The predicted molar refractivity (Wildman–Crippen MR) is 77.5 cm³/mol. The highest BCUT2D eigenvalue weighted by atomic mass is 16.5. The van der Waals surface area contributed by atoms with Gasteiger partial charge in [0, 0.05) is 18.7 Å². The largest absolute Gasteiger partial charge is 0.395 e. The number of anilines is 1. The molecular formula is C15H21N3O2. The Hall–Kier alpha value is -1.88. The second-order valence-corrected chi connectivity index (χ2v) is 4.69. The molecule has 5 nitrogen and oxygen atoms in total. The molecule has 0 saturated heterocycles. The van der Waals surface area contributed by atoms with Gasteiger partial charge in [0.05, 0.1) is 13.2 Å². The minimum Gasteiger partial charge on any atom is -0.395 e. The Morgan fingerprint density at radius 3 is 2.75 bits per heavy atom. The molecule has 0 amide bonds. The number of nitrogens with zero attached hydrogens (tertiary/aromatic N) is 3. The van der Waals surface area contributed by atoms with E-state index < -0.39 is 0 Å². The second-order valence-electron chi connectivity index (χ2n) is 4.69. The molecule has 20 heavy (non-hydrogen) atoms. The number of aliphatic hydroxyl groups is 1. The number of unbranched alkanes of at least 4 members (excludes halogenated alkanes) is 1. The Balaban J connectivity index is 2.02. The predicted octanol–water partition coefficient (Wildman–Crippen LogP) is 2.41. The minimum absolute atomic E-state index is 0.0890. The van der Waals surface area contributed by atoms with Gasteiger partial charge in [-0.25, -0.2) is 0 Å². The molecule has 0 bridgehead atoms. The summed E-state index contributed by atoms with van der Waals surface area (Å²) >= 11 is 0. The average Bonchev–Trinajstić information content (AvgIpc) is 2.93. The van der Waals surface area contributed by atoms with Gasteiger partial charge in [-0.05, 0) is 18.6 Å². The molecule has 5 heteroatoms. The van der Waals surface area contributed by atoms with Crippen LogP contribution in [-0.4, -0.2) is 28.4 Å². The van der Waals surface area contributed by atoms with Crippen LogP contribution in [0.2, 0.25) is 0 Å². The summed E-state index contributed by atoms with van der Waals surface area (Å²) in [6, 6.07) is 9.92. The third-order valence-corrected chi connectivity index (χ3v) is 3.08. The van der Waals surface area contributed by atoms with E-state index in [1.165, 1.54) is 0 Å². The highest BCUT2D eigenvalue weighted by Gasteiger charge is 2.12. The molecule has 2 rings (SSSR count). The van der Waals surface area contributed by atoms with Crippen LogP contribution < -0.4 is 4.90 Å². The molecule has 1 N–H and O–H groups in total. The molecule has 108 valence electrons. The third-order valence-electron chi connectivity index (χ3n) is 3.08. The topological polar surface area (TPSA) is 62.4 Å². The molecule has 0 atom stereocenters. The van der Waals surface area contributed by atoms with Crippen molar-refractivity contribution in [2.75, 3.05) is 18.1 Å². The summed E-state index contributed by atoms with van der Waals surface area (Å²) in [5.41, 5.74) is 1.04. The van der Waals surface area contributed by atoms with Crippen LogP contribution in [0.5, 0.6) is 0 Å². The first-order chi connectivity index (χ1) is 9.83. The van der Waals surface area contributed by atoms with Crippen LogP contribution >= 0.6 is 0 Å². The van der Waals surface area contributed by atoms with E-state index in [1.54, 1.807) is 0 Å². The molecule has 1 aromatic heterocycles. The lowest BCUT2D eigenvalue weighted by molar-refractivity contribution is 0.297. The van der Waals surface area contributed by atoms with E-state index in [4.69, 9.17) is 4.52 Å². The van der Waals surface area contributed by atoms with E-state index in [2.05, 4.69) is 17.1 Å². The first kappa shape index (κ1) is 14.5. The van der Waals surface area contributed by atoms with Gasteiger partial charge in [-0.1, -0.05) is 36.7 Å². The van der Waals surface area contributed by atoms with E-state index >= 15 is 0 Å². The minimum atomic E-state index is 0.0890. The zero-order valence-electron chi connectivity index (χ0n) is 11.8. The van der Waals surface area contributed by atoms with Gasteiger partial charge >= 0.3 is 0 Å². The van der Waals surface area contributed by atoms with Crippen molar-refractivity contribution >= 4 is 5.69 Å².